The first-order valence-corrected chi connectivity index (χ1v) is 15.5. The van der Waals surface area contributed by atoms with Crippen LogP contribution in [0.2, 0.25) is 0 Å². The lowest BCUT2D eigenvalue weighted by molar-refractivity contribution is 0.292. The van der Waals surface area contributed by atoms with E-state index in [1.807, 2.05) is 12.1 Å². The Hall–Kier alpha value is -2.48. The van der Waals surface area contributed by atoms with E-state index in [0.717, 1.165) is 50.7 Å². The SMILES string of the molecule is C[C@@H]1C[C@@H](C)CN(c2cc(N3CCCCCC3)nc(NC(=S)NCC3(c4ccc(F)cc4)CCCCC3)n2)C1. The Morgan fingerprint density at radius 3 is 2.13 bits per heavy atom. The van der Waals surface area contributed by atoms with Crippen molar-refractivity contribution in [1.82, 2.24) is 15.3 Å². The number of nitrogens with one attached hydrogen (secondary N) is 2. The zero-order valence-corrected chi connectivity index (χ0v) is 24.5. The molecule has 6 nitrogen and oxygen atoms in total. The van der Waals surface area contributed by atoms with Crippen molar-refractivity contribution >= 4 is 34.9 Å². The van der Waals surface area contributed by atoms with E-state index in [4.69, 9.17) is 22.2 Å². The molecule has 0 bridgehead atoms. The summed E-state index contributed by atoms with van der Waals surface area (Å²) >= 11 is 5.79. The van der Waals surface area contributed by atoms with Crippen LogP contribution in [0.25, 0.3) is 0 Å². The molecule has 1 aliphatic carbocycles. The number of hydrogen-bond donors (Lipinski definition) is 2. The smallest absolute Gasteiger partial charge is 0.232 e. The van der Waals surface area contributed by atoms with Crippen molar-refractivity contribution in [3.8, 4) is 0 Å². The number of aromatic nitrogens is 2. The molecular formula is C31H45FN6S. The summed E-state index contributed by atoms with van der Waals surface area (Å²) in [4.78, 5) is 14.8. The van der Waals surface area contributed by atoms with E-state index >= 15 is 0 Å². The third-order valence-corrected chi connectivity index (χ3v) is 9.15. The van der Waals surface area contributed by atoms with Gasteiger partial charge in [0.15, 0.2) is 5.11 Å². The van der Waals surface area contributed by atoms with E-state index in [-0.39, 0.29) is 11.2 Å². The van der Waals surface area contributed by atoms with Gasteiger partial charge in [0, 0.05) is 44.2 Å². The van der Waals surface area contributed by atoms with Crippen LogP contribution >= 0.6 is 12.2 Å². The molecule has 0 unspecified atom stereocenters. The maximum absolute atomic E-state index is 13.7. The van der Waals surface area contributed by atoms with Gasteiger partial charge in [-0.2, -0.15) is 9.97 Å². The highest BCUT2D eigenvalue weighted by molar-refractivity contribution is 7.80. The minimum atomic E-state index is -0.190. The van der Waals surface area contributed by atoms with Gasteiger partial charge in [0.25, 0.3) is 0 Å². The van der Waals surface area contributed by atoms with E-state index in [9.17, 15) is 4.39 Å². The molecule has 2 aromatic rings. The van der Waals surface area contributed by atoms with Crippen molar-refractivity contribution in [2.45, 2.75) is 83.5 Å². The monoisotopic (exact) mass is 552 g/mol. The summed E-state index contributed by atoms with van der Waals surface area (Å²) in [6, 6.07) is 9.23. The van der Waals surface area contributed by atoms with Crippen LogP contribution in [0.4, 0.5) is 22.0 Å². The van der Waals surface area contributed by atoms with Crippen LogP contribution in [0.3, 0.4) is 0 Å². The highest BCUT2D eigenvalue weighted by Crippen LogP contribution is 2.39. The molecular weight excluding hydrogens is 507 g/mol. The van der Waals surface area contributed by atoms with E-state index in [1.165, 1.54) is 56.9 Å². The summed E-state index contributed by atoms with van der Waals surface area (Å²) in [5.41, 5.74) is 1.14. The Labute approximate surface area is 239 Å². The number of rotatable bonds is 6. The average molecular weight is 553 g/mol. The minimum absolute atomic E-state index is 0.0440. The second-order valence-corrected chi connectivity index (χ2v) is 12.7. The van der Waals surface area contributed by atoms with E-state index in [1.54, 1.807) is 12.1 Å². The molecule has 2 atom stereocenters. The van der Waals surface area contributed by atoms with Crippen LogP contribution in [0.5, 0.6) is 0 Å². The molecule has 3 heterocycles. The molecule has 5 rings (SSSR count). The van der Waals surface area contributed by atoms with Crippen molar-refractivity contribution in [3.05, 3.63) is 41.7 Å². The van der Waals surface area contributed by atoms with E-state index in [0.29, 0.717) is 29.4 Å². The number of anilines is 3. The Balaban J connectivity index is 1.34. The third kappa shape index (κ3) is 7.19. The summed E-state index contributed by atoms with van der Waals surface area (Å²) in [5, 5.41) is 7.38. The molecule has 0 radical (unpaired) electrons. The van der Waals surface area contributed by atoms with Crippen LogP contribution in [0.1, 0.15) is 83.6 Å². The predicted octanol–water partition coefficient (Wildman–Crippen LogP) is 6.67. The fraction of sp³-hybridized carbons (Fsp3) is 0.645. The van der Waals surface area contributed by atoms with Gasteiger partial charge in [-0.1, -0.05) is 58.1 Å². The number of piperidine rings is 1. The first-order valence-electron chi connectivity index (χ1n) is 15.1. The fourth-order valence-corrected chi connectivity index (χ4v) is 7.11. The molecule has 2 saturated heterocycles. The first-order chi connectivity index (χ1) is 18.9. The molecule has 1 aromatic heterocycles. The zero-order chi connectivity index (χ0) is 27.2. The molecule has 2 N–H and O–H groups in total. The van der Waals surface area contributed by atoms with Gasteiger partial charge in [0.2, 0.25) is 5.95 Å². The molecule has 1 saturated carbocycles. The lowest BCUT2D eigenvalue weighted by Crippen LogP contribution is -2.44. The molecule has 3 aliphatic rings. The van der Waals surface area contributed by atoms with Crippen LogP contribution < -0.4 is 20.4 Å². The highest BCUT2D eigenvalue weighted by Gasteiger charge is 2.34. The fourth-order valence-electron chi connectivity index (χ4n) is 6.95. The topological polar surface area (TPSA) is 56.3 Å². The van der Waals surface area contributed by atoms with Gasteiger partial charge >= 0.3 is 0 Å². The second kappa shape index (κ2) is 12.8. The molecule has 8 heteroatoms. The molecule has 1 aromatic carbocycles. The van der Waals surface area contributed by atoms with Gasteiger partial charge < -0.3 is 20.4 Å². The molecule has 2 aliphatic heterocycles. The van der Waals surface area contributed by atoms with E-state index in [2.05, 4.69) is 40.3 Å². The van der Waals surface area contributed by atoms with Crippen LogP contribution in [-0.2, 0) is 5.41 Å². The minimum Gasteiger partial charge on any atom is -0.361 e. The summed E-state index contributed by atoms with van der Waals surface area (Å²) in [5.74, 6) is 3.64. The zero-order valence-electron chi connectivity index (χ0n) is 23.7. The molecule has 0 amide bonds. The summed E-state index contributed by atoms with van der Waals surface area (Å²) in [6.07, 6.45) is 12.0. The number of nitrogens with zero attached hydrogens (tertiary/aromatic N) is 4. The van der Waals surface area contributed by atoms with Crippen molar-refractivity contribution in [1.29, 1.82) is 0 Å². The number of halogens is 1. The number of hydrogen-bond acceptors (Lipinski definition) is 5. The Kier molecular flexibility index (Phi) is 9.21. The second-order valence-electron chi connectivity index (χ2n) is 12.3. The molecule has 39 heavy (non-hydrogen) atoms. The van der Waals surface area contributed by atoms with Gasteiger partial charge in [0.05, 0.1) is 0 Å². The van der Waals surface area contributed by atoms with Gasteiger partial charge in [-0.25, -0.2) is 4.39 Å². The van der Waals surface area contributed by atoms with Crippen LogP contribution in [0, 0.1) is 17.7 Å². The maximum Gasteiger partial charge on any atom is 0.232 e. The van der Waals surface area contributed by atoms with E-state index < -0.39 is 0 Å². The van der Waals surface area contributed by atoms with Crippen LogP contribution in [0.15, 0.2) is 30.3 Å². The van der Waals surface area contributed by atoms with Crippen LogP contribution in [-0.4, -0.2) is 47.8 Å². The first kappa shape index (κ1) is 28.1. The van der Waals surface area contributed by atoms with Gasteiger partial charge in [-0.3, -0.25) is 0 Å². The summed E-state index contributed by atoms with van der Waals surface area (Å²) in [7, 11) is 0. The predicted molar refractivity (Wildman–Crippen MR) is 163 cm³/mol. The average Bonchev–Trinajstić information content (AvgIpc) is 3.22. The molecule has 0 spiro atoms. The number of benzene rings is 1. The highest BCUT2D eigenvalue weighted by atomic mass is 32.1. The normalized spacial score (nSPS) is 23.7. The maximum atomic E-state index is 13.7. The Morgan fingerprint density at radius 2 is 1.49 bits per heavy atom. The molecule has 3 fully saturated rings. The van der Waals surface area contributed by atoms with Crippen molar-refractivity contribution < 1.29 is 4.39 Å². The summed E-state index contributed by atoms with van der Waals surface area (Å²) in [6.45, 7) is 9.48. The Bertz CT molecular complexity index is 1080. The quantitative estimate of drug-likeness (QED) is 0.388. The molecule has 212 valence electrons. The Morgan fingerprint density at radius 1 is 0.897 bits per heavy atom. The standard InChI is InChI=1S/C31H45FN6S/c1-23-18-24(2)21-38(20-23)28-19-27(37-16-8-3-4-9-17-37)34-29(35-28)36-30(39)33-22-31(14-6-5-7-15-31)25-10-12-26(32)13-11-25/h10-13,19,23-24H,3-9,14-18,20-22H2,1-2H3,(H2,33,34,35,36,39)/t23-,24-/m1/s1. The van der Waals surface area contributed by atoms with Crippen molar-refractivity contribution in [2.24, 2.45) is 11.8 Å². The van der Waals surface area contributed by atoms with Gasteiger partial charge in [0.1, 0.15) is 17.5 Å². The third-order valence-electron chi connectivity index (χ3n) is 8.90. The van der Waals surface area contributed by atoms with Gasteiger partial charge in [-0.15, -0.1) is 0 Å². The van der Waals surface area contributed by atoms with Crippen molar-refractivity contribution in [3.63, 3.8) is 0 Å². The largest absolute Gasteiger partial charge is 0.361 e. The van der Waals surface area contributed by atoms with Crippen molar-refractivity contribution in [2.75, 3.05) is 47.8 Å². The number of thiocarbonyl (C=S) groups is 1. The summed E-state index contributed by atoms with van der Waals surface area (Å²) < 4.78 is 13.7. The van der Waals surface area contributed by atoms with Gasteiger partial charge in [-0.05, 0) is 73.9 Å². The lowest BCUT2D eigenvalue weighted by atomic mass is 9.69. The lowest BCUT2D eigenvalue weighted by Gasteiger charge is -2.38.